The van der Waals surface area contributed by atoms with E-state index in [0.29, 0.717) is 6.61 Å². The van der Waals surface area contributed by atoms with Crippen LogP contribution in [0.1, 0.15) is 37.8 Å². The molecule has 2 aliphatic heterocycles. The van der Waals surface area contributed by atoms with Crippen molar-refractivity contribution in [3.05, 3.63) is 29.3 Å². The third kappa shape index (κ3) is 5.63. The molecule has 2 aliphatic rings. The molecule has 1 aromatic rings. The lowest BCUT2D eigenvalue weighted by atomic mass is 9.84. The van der Waals surface area contributed by atoms with Crippen LogP contribution in [0.25, 0.3) is 0 Å². The number of nitrogens with zero attached hydrogens (tertiary/aromatic N) is 1. The van der Waals surface area contributed by atoms with Gasteiger partial charge in [0.25, 0.3) is 0 Å². The second-order valence-corrected chi connectivity index (χ2v) is 7.18. The molecule has 8 nitrogen and oxygen atoms in total. The monoisotopic (exact) mass is 401 g/mol. The van der Waals surface area contributed by atoms with Crippen LogP contribution in [0.15, 0.2) is 18.2 Å². The molecule has 0 radical (unpaired) electrons. The van der Waals surface area contributed by atoms with Crippen molar-refractivity contribution in [1.82, 2.24) is 0 Å². The van der Waals surface area contributed by atoms with Crippen LogP contribution >= 0.6 is 0 Å². The lowest BCUT2D eigenvalue weighted by Gasteiger charge is -2.30. The van der Waals surface area contributed by atoms with E-state index in [-0.39, 0.29) is 17.9 Å². The number of ether oxygens (including phenoxy) is 2. The fraction of sp³-hybridized carbons (Fsp3) is 0.556. The molecule has 0 aliphatic carbocycles. The van der Waals surface area contributed by atoms with E-state index in [1.54, 1.807) is 7.11 Å². The lowest BCUT2D eigenvalue weighted by molar-refractivity contribution is -2.00. The minimum Gasteiger partial charge on any atom is -0.497 e. The van der Waals surface area contributed by atoms with Crippen LogP contribution in [-0.4, -0.2) is 42.6 Å². The smallest absolute Gasteiger partial charge is 0.315 e. The van der Waals surface area contributed by atoms with Gasteiger partial charge in [0.15, 0.2) is 11.8 Å². The lowest BCUT2D eigenvalue weighted by Crippen LogP contribution is -2.68. The summed E-state index contributed by atoms with van der Waals surface area (Å²) in [5, 5.41) is 0. The quantitative estimate of drug-likeness (QED) is 0.409. The summed E-state index contributed by atoms with van der Waals surface area (Å²) in [7, 11) is -3.24. The molecule has 0 fully saturated rings. The van der Waals surface area contributed by atoms with Crippen molar-refractivity contribution in [2.45, 2.75) is 39.2 Å². The van der Waals surface area contributed by atoms with Crippen LogP contribution < -0.4 is 23.4 Å². The standard InChI is InChI=1S/C18H24NO3.ClHO4/c1-4-22-18(20)15-7-8-17-16-6-5-14(21-3)11-13(16)9-10-19(17)12(15)2;2-1(3,4)5/h5-6,11-12,15H,4,7-10H2,1-3H3;(H,2,3,4,5)/q+1;/p-1. The second-order valence-electron chi connectivity index (χ2n) is 6.43. The third-order valence-electron chi connectivity index (χ3n) is 4.95. The average Bonchev–Trinajstić information content (AvgIpc) is 2.60. The Labute approximate surface area is 160 Å². The Kier molecular flexibility index (Phi) is 7.19. The first-order chi connectivity index (χ1) is 12.7. The highest BCUT2D eigenvalue weighted by Gasteiger charge is 2.42. The maximum Gasteiger partial charge on any atom is 0.315 e. The first kappa shape index (κ1) is 21.6. The number of fused-ring (bicyclic) bond motifs is 2. The molecule has 0 saturated carbocycles. The van der Waals surface area contributed by atoms with Crippen molar-refractivity contribution in [1.29, 1.82) is 0 Å². The topological polar surface area (TPSA) is 131 Å². The maximum absolute atomic E-state index is 12.1. The van der Waals surface area contributed by atoms with Crippen LogP contribution in [-0.2, 0) is 16.0 Å². The number of hydrogen-bond acceptors (Lipinski definition) is 7. The van der Waals surface area contributed by atoms with E-state index in [1.807, 2.05) is 13.0 Å². The van der Waals surface area contributed by atoms with Gasteiger partial charge >= 0.3 is 5.97 Å². The van der Waals surface area contributed by atoms with Gasteiger partial charge in [-0.2, -0.15) is 0 Å². The van der Waals surface area contributed by atoms with Gasteiger partial charge in [-0.05, 0) is 44.0 Å². The van der Waals surface area contributed by atoms with Crippen molar-refractivity contribution in [2.75, 3.05) is 20.3 Å². The molecule has 2 unspecified atom stereocenters. The summed E-state index contributed by atoms with van der Waals surface area (Å²) in [6, 6.07) is 6.53. The fourth-order valence-electron chi connectivity index (χ4n) is 3.76. The van der Waals surface area contributed by atoms with Gasteiger partial charge in [-0.1, -0.05) is 0 Å². The zero-order chi connectivity index (χ0) is 20.2. The summed E-state index contributed by atoms with van der Waals surface area (Å²) < 4.78 is 46.9. The van der Waals surface area contributed by atoms with Gasteiger partial charge in [-0.3, -0.25) is 4.79 Å². The molecule has 0 N–H and O–H groups in total. The van der Waals surface area contributed by atoms with Crippen LogP contribution in [0.3, 0.4) is 0 Å². The summed E-state index contributed by atoms with van der Waals surface area (Å²) in [5.74, 6) is 0.860. The Morgan fingerprint density at radius 3 is 2.52 bits per heavy atom. The zero-order valence-electron chi connectivity index (χ0n) is 15.6. The molecule has 2 heterocycles. The first-order valence-electron chi connectivity index (χ1n) is 8.73. The van der Waals surface area contributed by atoms with Crippen molar-refractivity contribution in [3.8, 4) is 5.75 Å². The molecule has 1 aromatic carbocycles. The largest absolute Gasteiger partial charge is 0.497 e. The predicted molar refractivity (Wildman–Crippen MR) is 84.8 cm³/mol. The summed E-state index contributed by atoms with van der Waals surface area (Å²) in [6.45, 7) is 5.44. The van der Waals surface area contributed by atoms with Gasteiger partial charge < -0.3 is 9.47 Å². The Bertz CT molecular complexity index is 708. The molecule has 0 spiro atoms. The highest BCUT2D eigenvalue weighted by molar-refractivity contribution is 5.99. The van der Waals surface area contributed by atoms with E-state index in [1.165, 1.54) is 16.8 Å². The first-order valence-corrected chi connectivity index (χ1v) is 9.97. The number of benzene rings is 1. The third-order valence-corrected chi connectivity index (χ3v) is 4.95. The normalized spacial score (nSPS) is 21.4. The Morgan fingerprint density at radius 1 is 1.26 bits per heavy atom. The van der Waals surface area contributed by atoms with E-state index in [2.05, 4.69) is 23.6 Å². The van der Waals surface area contributed by atoms with Gasteiger partial charge in [0.1, 0.15) is 18.2 Å². The number of halogens is 1. The molecule has 2 atom stereocenters. The van der Waals surface area contributed by atoms with Gasteiger partial charge in [-0.15, -0.1) is 10.2 Å². The summed E-state index contributed by atoms with van der Waals surface area (Å²) in [4.78, 5) is 12.1. The Balaban J connectivity index is 0.000000465. The minimum absolute atomic E-state index is 0.0106. The SMILES string of the molecule is CCOC(=O)C1CCC2=[N+](CCc3cc(OC)ccc32)C1C.[O-][Cl+3]([O-])([O-])[O-]. The zero-order valence-corrected chi connectivity index (χ0v) is 16.4. The van der Waals surface area contributed by atoms with Crippen molar-refractivity contribution in [2.24, 2.45) is 5.92 Å². The second kappa shape index (κ2) is 8.99. The minimum atomic E-state index is -4.94. The summed E-state index contributed by atoms with van der Waals surface area (Å²) >= 11 is 0. The number of esters is 1. The fourth-order valence-corrected chi connectivity index (χ4v) is 3.76. The van der Waals surface area contributed by atoms with Crippen molar-refractivity contribution < 1.29 is 47.7 Å². The Hall–Kier alpha value is -1.71. The predicted octanol–water partition coefficient (Wildman–Crippen LogP) is -2.34. The summed E-state index contributed by atoms with van der Waals surface area (Å²) in [6.07, 6.45) is 2.81. The molecule has 150 valence electrons. The average molecular weight is 402 g/mol. The molecule has 0 saturated heterocycles. The van der Waals surface area contributed by atoms with E-state index in [4.69, 9.17) is 28.1 Å². The molecule has 0 aromatic heterocycles. The van der Waals surface area contributed by atoms with Gasteiger partial charge in [-0.25, -0.2) is 23.2 Å². The molecule has 0 bridgehead atoms. The number of rotatable bonds is 3. The van der Waals surface area contributed by atoms with E-state index >= 15 is 0 Å². The molecular weight excluding hydrogens is 378 g/mol. The van der Waals surface area contributed by atoms with E-state index < -0.39 is 10.2 Å². The number of methoxy groups -OCH3 is 1. The highest BCUT2D eigenvalue weighted by Crippen LogP contribution is 2.30. The molecule has 3 rings (SSSR count). The molecular formula is C18H24ClNO7. The van der Waals surface area contributed by atoms with E-state index in [0.717, 1.165) is 31.6 Å². The van der Waals surface area contributed by atoms with E-state index in [9.17, 15) is 4.79 Å². The van der Waals surface area contributed by atoms with Gasteiger partial charge in [0, 0.05) is 18.4 Å². The summed E-state index contributed by atoms with van der Waals surface area (Å²) in [5.41, 5.74) is 4.05. The van der Waals surface area contributed by atoms with Crippen molar-refractivity contribution in [3.63, 3.8) is 0 Å². The Morgan fingerprint density at radius 2 is 1.93 bits per heavy atom. The number of carbonyl (C=O) groups excluding carboxylic acids is 1. The van der Waals surface area contributed by atoms with Crippen LogP contribution in [0.2, 0.25) is 0 Å². The molecule has 9 heteroatoms. The molecule has 0 amide bonds. The van der Waals surface area contributed by atoms with Crippen molar-refractivity contribution >= 4 is 11.7 Å². The number of hydrogen-bond donors (Lipinski definition) is 0. The van der Waals surface area contributed by atoms with Gasteiger partial charge in [0.05, 0.1) is 13.7 Å². The van der Waals surface area contributed by atoms with Crippen LogP contribution in [0.5, 0.6) is 5.75 Å². The van der Waals surface area contributed by atoms with Gasteiger partial charge in [0.2, 0.25) is 0 Å². The van der Waals surface area contributed by atoms with Crippen LogP contribution in [0.4, 0.5) is 0 Å². The van der Waals surface area contributed by atoms with Crippen LogP contribution in [0, 0.1) is 16.2 Å². The number of carbonyl (C=O) groups is 1. The highest BCUT2D eigenvalue weighted by atomic mass is 35.7. The molecule has 27 heavy (non-hydrogen) atoms. The maximum atomic E-state index is 12.1.